The fourth-order valence-electron chi connectivity index (χ4n) is 3.16. The maximum Gasteiger partial charge on any atom is 0.217 e. The largest absolute Gasteiger partial charge is 0.455 e. The molecule has 1 aromatic carbocycles. The molecule has 3 aromatic heterocycles. The predicted octanol–water partition coefficient (Wildman–Crippen LogP) is 4.90. The van der Waals surface area contributed by atoms with Crippen LogP contribution in [0.3, 0.4) is 0 Å². The number of hydrogen-bond acceptors (Lipinski definition) is 2. The molecule has 3 nitrogen and oxygen atoms in total. The second kappa shape index (κ2) is 5.45. The Labute approximate surface area is 147 Å². The van der Waals surface area contributed by atoms with E-state index in [0.29, 0.717) is 5.56 Å². The molecule has 0 spiro atoms. The lowest BCUT2D eigenvalue weighted by molar-refractivity contribution is -0.660. The second-order valence-electron chi connectivity index (χ2n) is 6.10. The van der Waals surface area contributed by atoms with Crippen molar-refractivity contribution in [3.8, 4) is 11.3 Å². The highest BCUT2D eigenvalue weighted by Gasteiger charge is 2.21. The molecule has 0 saturated carbocycles. The summed E-state index contributed by atoms with van der Waals surface area (Å²) >= 11 is 0. The van der Waals surface area contributed by atoms with Crippen molar-refractivity contribution in [3.05, 3.63) is 60.0 Å². The molecular weight excluding hydrogens is 296 g/mol. The van der Waals surface area contributed by atoms with Gasteiger partial charge in [-0.15, -0.1) is 0 Å². The van der Waals surface area contributed by atoms with Crippen LogP contribution in [0.1, 0.15) is 36.4 Å². The van der Waals surface area contributed by atoms with Crippen molar-refractivity contribution in [2.45, 2.75) is 26.6 Å². The van der Waals surface area contributed by atoms with Gasteiger partial charge in [0.2, 0.25) is 5.69 Å². The van der Waals surface area contributed by atoms with E-state index in [9.17, 15) is 0 Å². The Hall–Kier alpha value is -2.68. The first kappa shape index (κ1) is 11.0. The lowest BCUT2D eigenvalue weighted by Crippen LogP contribution is -2.31. The summed E-state index contributed by atoms with van der Waals surface area (Å²) in [5, 5.41) is 1.94. The van der Waals surface area contributed by atoms with Crippen molar-refractivity contribution < 1.29 is 14.5 Å². The third-order valence-electron chi connectivity index (χ3n) is 4.43. The number of fused-ring (bicyclic) bond motifs is 3. The van der Waals surface area contributed by atoms with Gasteiger partial charge in [-0.1, -0.05) is 32.0 Å². The summed E-state index contributed by atoms with van der Waals surface area (Å²) in [5.41, 5.74) is 4.51. The summed E-state index contributed by atoms with van der Waals surface area (Å²) in [6.45, 7) is 0.923. The van der Waals surface area contributed by atoms with Crippen molar-refractivity contribution in [1.29, 1.82) is 0 Å². The number of aromatic nitrogens is 2. The van der Waals surface area contributed by atoms with Gasteiger partial charge < -0.3 is 4.42 Å². The first-order valence-corrected chi connectivity index (χ1v) is 7.88. The van der Waals surface area contributed by atoms with Gasteiger partial charge in [-0.05, 0) is 25.0 Å². The molecule has 24 heavy (non-hydrogen) atoms. The van der Waals surface area contributed by atoms with Gasteiger partial charge in [0.25, 0.3) is 0 Å². The topological polar surface area (TPSA) is 29.9 Å². The van der Waals surface area contributed by atoms with Crippen LogP contribution in [0.25, 0.3) is 33.2 Å². The van der Waals surface area contributed by atoms with Crippen LogP contribution >= 0.6 is 0 Å². The molecule has 4 aromatic rings. The third-order valence-corrected chi connectivity index (χ3v) is 4.43. The summed E-state index contributed by atoms with van der Waals surface area (Å²) in [4.78, 5) is 4.56. The minimum absolute atomic E-state index is 0.432. The summed E-state index contributed by atoms with van der Waals surface area (Å²) in [6, 6.07) is 11.4. The molecule has 0 aliphatic heterocycles. The summed E-state index contributed by atoms with van der Waals surface area (Å²) in [5.74, 6) is -1.69. The highest BCUT2D eigenvalue weighted by atomic mass is 16.3. The standard InChI is InChI=1S/C21H21N2O/c1-13(2)15-9-10-18(23(4)12-15)20-14(3)22-11-17-16-7-5-6-8-19(16)24-21(17)20/h5-13H,1-4H3/q+1/i1D3,13D. The van der Waals surface area contributed by atoms with E-state index in [2.05, 4.69) is 4.98 Å². The first-order valence-electron chi connectivity index (χ1n) is 9.88. The van der Waals surface area contributed by atoms with Crippen molar-refractivity contribution in [2.75, 3.05) is 0 Å². The molecule has 3 heterocycles. The van der Waals surface area contributed by atoms with E-state index in [0.717, 1.165) is 38.9 Å². The number of rotatable bonds is 2. The number of nitrogens with zero attached hydrogens (tertiary/aromatic N) is 2. The van der Waals surface area contributed by atoms with Gasteiger partial charge in [0.05, 0.1) is 5.69 Å². The van der Waals surface area contributed by atoms with Gasteiger partial charge in [-0.25, -0.2) is 4.57 Å². The molecule has 0 radical (unpaired) electrons. The first-order chi connectivity index (χ1) is 13.1. The van der Waals surface area contributed by atoms with E-state index in [1.54, 1.807) is 12.3 Å². The van der Waals surface area contributed by atoms with E-state index in [-0.39, 0.29) is 0 Å². The lowest BCUT2D eigenvalue weighted by Gasteiger charge is -2.08. The van der Waals surface area contributed by atoms with Crippen LogP contribution in [-0.2, 0) is 7.05 Å². The van der Waals surface area contributed by atoms with Crippen molar-refractivity contribution in [3.63, 3.8) is 0 Å². The van der Waals surface area contributed by atoms with Crippen LogP contribution in [0.5, 0.6) is 0 Å². The van der Waals surface area contributed by atoms with Crippen molar-refractivity contribution in [1.82, 2.24) is 4.98 Å². The zero-order valence-corrected chi connectivity index (χ0v) is 13.9. The lowest BCUT2D eigenvalue weighted by atomic mass is 10.0. The highest BCUT2D eigenvalue weighted by molar-refractivity contribution is 6.08. The average molecular weight is 321 g/mol. The second-order valence-corrected chi connectivity index (χ2v) is 6.10. The molecule has 0 saturated heterocycles. The van der Waals surface area contributed by atoms with Gasteiger partial charge in [0.15, 0.2) is 11.8 Å². The van der Waals surface area contributed by atoms with E-state index >= 15 is 0 Å². The van der Waals surface area contributed by atoms with Gasteiger partial charge >= 0.3 is 0 Å². The quantitative estimate of drug-likeness (QED) is 0.491. The molecule has 1 atom stereocenters. The zero-order chi connectivity index (χ0) is 20.3. The minimum atomic E-state index is -2.42. The molecule has 1 unspecified atom stereocenters. The fraction of sp³-hybridized carbons (Fsp3) is 0.238. The number of benzene rings is 1. The Kier molecular flexibility index (Phi) is 2.49. The Balaban J connectivity index is 1.95. The summed E-state index contributed by atoms with van der Waals surface area (Å²) < 4.78 is 39.3. The summed E-state index contributed by atoms with van der Waals surface area (Å²) in [6.07, 6.45) is 3.53. The summed E-state index contributed by atoms with van der Waals surface area (Å²) in [7, 11) is 1.84. The number of pyridine rings is 2. The number of hydrogen-bond donors (Lipinski definition) is 0. The van der Waals surface area contributed by atoms with Crippen molar-refractivity contribution in [2.24, 2.45) is 7.05 Å². The predicted molar refractivity (Wildman–Crippen MR) is 97.0 cm³/mol. The molecule has 0 bridgehead atoms. The maximum absolute atomic E-state index is 8.33. The molecule has 0 aliphatic rings. The van der Waals surface area contributed by atoms with Crippen LogP contribution in [0, 0.1) is 6.92 Å². The van der Waals surface area contributed by atoms with Gasteiger partial charge in [-0.3, -0.25) is 4.98 Å². The molecule has 4 rings (SSSR count). The average Bonchev–Trinajstić information content (AvgIpc) is 2.99. The Morgan fingerprint density at radius 3 is 2.83 bits per heavy atom. The molecule has 0 amide bonds. The molecule has 0 fully saturated rings. The molecule has 0 aliphatic carbocycles. The molecule has 120 valence electrons. The van der Waals surface area contributed by atoms with Crippen LogP contribution in [-0.4, -0.2) is 4.98 Å². The molecule has 3 heteroatoms. The Morgan fingerprint density at radius 1 is 1.21 bits per heavy atom. The SMILES string of the molecule is [2H]C([2H])([2H])C([2H])(C)c1ccc(-c2c(C)ncc3c2oc2ccccc23)[n+](C)c1. The van der Waals surface area contributed by atoms with Gasteiger partial charge in [-0.2, -0.15) is 0 Å². The van der Waals surface area contributed by atoms with E-state index < -0.39 is 12.7 Å². The normalized spacial score (nSPS) is 17.1. The molecular formula is C21H21N2O+. The fourth-order valence-corrected chi connectivity index (χ4v) is 3.16. The van der Waals surface area contributed by atoms with Gasteiger partial charge in [0.1, 0.15) is 18.2 Å². The smallest absolute Gasteiger partial charge is 0.217 e. The number of aryl methyl sites for hydroxylation is 2. The molecule has 0 N–H and O–H groups in total. The highest BCUT2D eigenvalue weighted by Crippen LogP contribution is 2.35. The van der Waals surface area contributed by atoms with E-state index in [4.69, 9.17) is 9.90 Å². The monoisotopic (exact) mass is 321 g/mol. The van der Waals surface area contributed by atoms with Crippen molar-refractivity contribution >= 4 is 21.9 Å². The van der Waals surface area contributed by atoms with E-state index in [1.807, 2.05) is 55.1 Å². The maximum atomic E-state index is 8.33. The van der Waals surface area contributed by atoms with E-state index in [1.165, 1.54) is 6.92 Å². The number of furan rings is 1. The number of para-hydroxylation sites is 1. The Bertz CT molecular complexity index is 1210. The van der Waals surface area contributed by atoms with Crippen LogP contribution in [0.4, 0.5) is 0 Å². The zero-order valence-electron chi connectivity index (χ0n) is 17.9. The van der Waals surface area contributed by atoms with Crippen LogP contribution in [0.2, 0.25) is 0 Å². The van der Waals surface area contributed by atoms with Crippen LogP contribution in [0.15, 0.2) is 53.2 Å². The Morgan fingerprint density at radius 2 is 2.04 bits per heavy atom. The van der Waals surface area contributed by atoms with Crippen LogP contribution < -0.4 is 4.57 Å². The minimum Gasteiger partial charge on any atom is -0.455 e. The third kappa shape index (κ3) is 2.20. The van der Waals surface area contributed by atoms with Gasteiger partial charge in [0, 0.05) is 34.1 Å².